The van der Waals surface area contributed by atoms with Gasteiger partial charge in [0.05, 0.1) is 0 Å². The van der Waals surface area contributed by atoms with Crippen LogP contribution in [0.15, 0.2) is 0 Å². The minimum atomic E-state index is -0.661. The minimum absolute atomic E-state index is 0. The number of rotatable bonds is 9. The molecule has 0 aromatic heterocycles. The van der Waals surface area contributed by atoms with E-state index in [1.54, 1.807) is 0 Å². The Balaban J connectivity index is 0. The predicted octanol–water partition coefficient (Wildman–Crippen LogP) is 4.24. The summed E-state index contributed by atoms with van der Waals surface area (Å²) < 4.78 is 0. The Morgan fingerprint density at radius 2 is 1.36 bits per heavy atom. The van der Waals surface area contributed by atoms with Gasteiger partial charge in [-0.1, -0.05) is 59.3 Å². The summed E-state index contributed by atoms with van der Waals surface area (Å²) in [6.07, 6.45) is 10.1. The third kappa shape index (κ3) is 14.0. The van der Waals surface area contributed by atoms with Crippen LogP contribution in [-0.4, -0.2) is 11.1 Å². The molecule has 2 nitrogen and oxygen atoms in total. The van der Waals surface area contributed by atoms with E-state index in [2.05, 4.69) is 6.92 Å². The quantitative estimate of drug-likeness (QED) is 0.568. The van der Waals surface area contributed by atoms with Gasteiger partial charge in [-0.15, -0.1) is 0 Å². The second-order valence-electron chi connectivity index (χ2n) is 3.62. The fourth-order valence-corrected chi connectivity index (χ4v) is 1.41. The van der Waals surface area contributed by atoms with Gasteiger partial charge in [0, 0.05) is 6.42 Å². The smallest absolute Gasteiger partial charge is 0.303 e. The Labute approximate surface area is 88.7 Å². The van der Waals surface area contributed by atoms with E-state index in [9.17, 15) is 4.79 Å². The molecule has 0 bridgehead atoms. The van der Waals surface area contributed by atoms with E-state index in [1.165, 1.54) is 38.5 Å². The molecule has 1 N–H and O–H groups in total. The zero-order chi connectivity index (χ0) is 9.94. The molecular formula is C12H26O2. The summed E-state index contributed by atoms with van der Waals surface area (Å²) in [5, 5.41) is 8.39. The van der Waals surface area contributed by atoms with Crippen LogP contribution in [0.5, 0.6) is 0 Å². The Bertz CT molecular complexity index is 121. The molecule has 0 aromatic rings. The first kappa shape index (κ1) is 15.9. The lowest BCUT2D eigenvalue weighted by atomic mass is 10.1. The van der Waals surface area contributed by atoms with Crippen molar-refractivity contribution in [2.24, 2.45) is 0 Å². The zero-order valence-electron chi connectivity index (χ0n) is 8.72. The number of carbonyl (C=O) groups is 1. The molecular weight excluding hydrogens is 176 g/mol. The van der Waals surface area contributed by atoms with Gasteiger partial charge in [0.1, 0.15) is 0 Å². The van der Waals surface area contributed by atoms with Crippen LogP contribution in [0.2, 0.25) is 0 Å². The highest BCUT2D eigenvalue weighted by Gasteiger charge is 1.95. The summed E-state index contributed by atoms with van der Waals surface area (Å²) in [6.45, 7) is 2.22. The summed E-state index contributed by atoms with van der Waals surface area (Å²) in [5.74, 6) is -0.661. The number of unbranched alkanes of at least 4 members (excludes halogenated alkanes) is 7. The Hall–Kier alpha value is -0.530. The molecule has 0 saturated heterocycles. The van der Waals surface area contributed by atoms with Crippen molar-refractivity contribution in [2.45, 2.75) is 72.1 Å². The van der Waals surface area contributed by atoms with E-state index >= 15 is 0 Å². The van der Waals surface area contributed by atoms with E-state index in [1.807, 2.05) is 0 Å². The van der Waals surface area contributed by atoms with E-state index in [4.69, 9.17) is 5.11 Å². The number of aliphatic carboxylic acids is 1. The lowest BCUT2D eigenvalue weighted by Gasteiger charge is -1.99. The largest absolute Gasteiger partial charge is 0.481 e. The monoisotopic (exact) mass is 202 g/mol. The van der Waals surface area contributed by atoms with Gasteiger partial charge in [-0.25, -0.2) is 0 Å². The predicted molar refractivity (Wildman–Crippen MR) is 61.6 cm³/mol. The Kier molecular flexibility index (Phi) is 14.2. The lowest BCUT2D eigenvalue weighted by Crippen LogP contribution is -1.93. The van der Waals surface area contributed by atoms with E-state index in [0.29, 0.717) is 6.42 Å². The molecule has 0 unspecified atom stereocenters. The van der Waals surface area contributed by atoms with Crippen molar-refractivity contribution >= 4 is 5.97 Å². The van der Waals surface area contributed by atoms with Gasteiger partial charge in [0.15, 0.2) is 0 Å². The van der Waals surface area contributed by atoms with Crippen molar-refractivity contribution in [1.29, 1.82) is 0 Å². The van der Waals surface area contributed by atoms with Crippen molar-refractivity contribution in [3.63, 3.8) is 0 Å². The molecule has 0 spiro atoms. The highest BCUT2D eigenvalue weighted by molar-refractivity contribution is 5.66. The average Bonchev–Trinajstić information content (AvgIpc) is 2.09. The fraction of sp³-hybridized carbons (Fsp3) is 0.917. The van der Waals surface area contributed by atoms with E-state index in [0.717, 1.165) is 12.8 Å². The molecule has 0 atom stereocenters. The molecule has 0 heterocycles. The van der Waals surface area contributed by atoms with Crippen LogP contribution in [0.1, 0.15) is 72.1 Å². The van der Waals surface area contributed by atoms with Crippen LogP contribution in [0, 0.1) is 0 Å². The average molecular weight is 202 g/mol. The van der Waals surface area contributed by atoms with Crippen molar-refractivity contribution in [2.75, 3.05) is 0 Å². The minimum Gasteiger partial charge on any atom is -0.481 e. The Morgan fingerprint density at radius 3 is 1.79 bits per heavy atom. The van der Waals surface area contributed by atoms with Crippen molar-refractivity contribution < 1.29 is 9.90 Å². The number of carboxylic acids is 1. The molecule has 0 saturated carbocycles. The third-order valence-corrected chi connectivity index (χ3v) is 2.24. The molecule has 0 aliphatic carbocycles. The summed E-state index contributed by atoms with van der Waals surface area (Å²) in [6, 6.07) is 0. The fourth-order valence-electron chi connectivity index (χ4n) is 1.41. The highest BCUT2D eigenvalue weighted by Crippen LogP contribution is 2.09. The molecule has 0 radical (unpaired) electrons. The highest BCUT2D eigenvalue weighted by atomic mass is 16.4. The summed E-state index contributed by atoms with van der Waals surface area (Å²) >= 11 is 0. The van der Waals surface area contributed by atoms with Gasteiger partial charge in [-0.3, -0.25) is 4.79 Å². The second kappa shape index (κ2) is 12.5. The van der Waals surface area contributed by atoms with Gasteiger partial charge in [0.25, 0.3) is 0 Å². The second-order valence-corrected chi connectivity index (χ2v) is 3.62. The third-order valence-electron chi connectivity index (χ3n) is 2.24. The number of hydrogen-bond acceptors (Lipinski definition) is 1. The van der Waals surface area contributed by atoms with Crippen molar-refractivity contribution in [1.82, 2.24) is 0 Å². The van der Waals surface area contributed by atoms with Gasteiger partial charge in [0.2, 0.25) is 0 Å². The molecule has 0 rings (SSSR count). The molecule has 2 heteroatoms. The van der Waals surface area contributed by atoms with Gasteiger partial charge >= 0.3 is 5.97 Å². The SMILES string of the molecule is C.CCCCCCCCCCC(=O)O. The molecule has 0 aliphatic rings. The van der Waals surface area contributed by atoms with Crippen LogP contribution in [0.4, 0.5) is 0 Å². The topological polar surface area (TPSA) is 37.3 Å². The first-order valence-corrected chi connectivity index (χ1v) is 5.49. The van der Waals surface area contributed by atoms with E-state index < -0.39 is 5.97 Å². The summed E-state index contributed by atoms with van der Waals surface area (Å²) in [5.41, 5.74) is 0. The van der Waals surface area contributed by atoms with E-state index in [-0.39, 0.29) is 7.43 Å². The standard InChI is InChI=1S/C11H22O2.CH4/c1-2-3-4-5-6-7-8-9-10-11(12)13;/h2-10H2,1H3,(H,12,13);1H4. The molecule has 86 valence electrons. The maximum absolute atomic E-state index is 10.2. The molecule has 0 fully saturated rings. The van der Waals surface area contributed by atoms with Gasteiger partial charge in [-0.05, 0) is 6.42 Å². The van der Waals surface area contributed by atoms with Crippen molar-refractivity contribution in [3.8, 4) is 0 Å². The van der Waals surface area contributed by atoms with Crippen LogP contribution in [0.3, 0.4) is 0 Å². The number of hydrogen-bond donors (Lipinski definition) is 1. The molecule has 0 amide bonds. The maximum Gasteiger partial charge on any atom is 0.303 e. The molecule has 0 aromatic carbocycles. The molecule has 14 heavy (non-hydrogen) atoms. The number of carboxylic acid groups (broad SMARTS) is 1. The summed E-state index contributed by atoms with van der Waals surface area (Å²) in [7, 11) is 0. The normalized spacial score (nSPS) is 9.50. The first-order chi connectivity index (χ1) is 6.27. The van der Waals surface area contributed by atoms with Crippen LogP contribution < -0.4 is 0 Å². The van der Waals surface area contributed by atoms with Gasteiger partial charge < -0.3 is 5.11 Å². The van der Waals surface area contributed by atoms with Crippen LogP contribution in [0.25, 0.3) is 0 Å². The summed E-state index contributed by atoms with van der Waals surface area (Å²) in [4.78, 5) is 10.2. The van der Waals surface area contributed by atoms with Crippen LogP contribution in [-0.2, 0) is 4.79 Å². The molecule has 0 aliphatic heterocycles. The van der Waals surface area contributed by atoms with Gasteiger partial charge in [-0.2, -0.15) is 0 Å². The zero-order valence-corrected chi connectivity index (χ0v) is 8.72. The van der Waals surface area contributed by atoms with Crippen LogP contribution >= 0.6 is 0 Å². The maximum atomic E-state index is 10.2. The Morgan fingerprint density at radius 1 is 0.929 bits per heavy atom. The van der Waals surface area contributed by atoms with Crippen molar-refractivity contribution in [3.05, 3.63) is 0 Å². The first-order valence-electron chi connectivity index (χ1n) is 5.49. The lowest BCUT2D eigenvalue weighted by molar-refractivity contribution is -0.137.